The highest BCUT2D eigenvalue weighted by Gasteiger charge is 2.24. The van der Waals surface area contributed by atoms with Crippen LogP contribution in [0.5, 0.6) is 0 Å². The van der Waals surface area contributed by atoms with E-state index < -0.39 is 27.9 Å². The van der Waals surface area contributed by atoms with Gasteiger partial charge in [-0.15, -0.1) is 0 Å². The monoisotopic (exact) mass is 295 g/mol. The number of rotatable bonds is 3. The van der Waals surface area contributed by atoms with E-state index in [1.54, 1.807) is 0 Å². The van der Waals surface area contributed by atoms with E-state index >= 15 is 0 Å². The molecule has 0 amide bonds. The van der Waals surface area contributed by atoms with Crippen LogP contribution in [0.4, 0.5) is 31.9 Å². The number of hydrogen-bond acceptors (Lipinski definition) is 6. The van der Waals surface area contributed by atoms with E-state index in [-0.39, 0.29) is 23.0 Å². The largest absolute Gasteiger partial charge is 0.368 e. The topological polar surface area (TPSA) is 107 Å². The second kappa shape index (κ2) is 5.27. The van der Waals surface area contributed by atoms with E-state index in [1.165, 1.54) is 19.9 Å². The number of anilines is 3. The predicted molar refractivity (Wildman–Crippen MR) is 72.2 cm³/mol. The normalized spacial score (nSPS) is 10.5. The lowest BCUT2D eigenvalue weighted by atomic mass is 10.2. The molecule has 110 valence electrons. The quantitative estimate of drug-likeness (QED) is 0.665. The van der Waals surface area contributed by atoms with Gasteiger partial charge in [0.1, 0.15) is 17.2 Å². The van der Waals surface area contributed by atoms with E-state index in [0.717, 1.165) is 6.07 Å². The number of benzene rings is 1. The fourth-order valence-corrected chi connectivity index (χ4v) is 1.78. The Kier molecular flexibility index (Phi) is 3.66. The van der Waals surface area contributed by atoms with Crippen LogP contribution >= 0.6 is 0 Å². The highest BCUT2D eigenvalue weighted by molar-refractivity contribution is 5.69. The van der Waals surface area contributed by atoms with Crippen molar-refractivity contribution in [2.45, 2.75) is 13.8 Å². The van der Waals surface area contributed by atoms with Crippen molar-refractivity contribution in [3.63, 3.8) is 0 Å². The summed E-state index contributed by atoms with van der Waals surface area (Å²) < 4.78 is 27.6. The first kappa shape index (κ1) is 14.6. The van der Waals surface area contributed by atoms with Crippen LogP contribution in [-0.2, 0) is 0 Å². The zero-order valence-electron chi connectivity index (χ0n) is 11.1. The van der Waals surface area contributed by atoms with E-state index in [0.29, 0.717) is 0 Å². The first-order chi connectivity index (χ1) is 9.81. The van der Waals surface area contributed by atoms with Gasteiger partial charge in [0.15, 0.2) is 5.82 Å². The number of nitrogens with one attached hydrogen (secondary N) is 1. The van der Waals surface area contributed by atoms with Gasteiger partial charge in [0.2, 0.25) is 11.8 Å². The van der Waals surface area contributed by atoms with Gasteiger partial charge in [0, 0.05) is 0 Å². The number of aromatic nitrogens is 2. The van der Waals surface area contributed by atoms with Gasteiger partial charge in [-0.25, -0.2) is 13.8 Å². The second-order valence-electron chi connectivity index (χ2n) is 4.30. The molecule has 0 aliphatic heterocycles. The molecule has 0 saturated heterocycles. The fraction of sp³-hybridized carbons (Fsp3) is 0.167. The van der Waals surface area contributed by atoms with Crippen molar-refractivity contribution in [1.82, 2.24) is 9.97 Å². The Balaban J connectivity index is 2.60. The van der Waals surface area contributed by atoms with Gasteiger partial charge in [-0.05, 0) is 25.5 Å². The third-order valence-corrected chi connectivity index (χ3v) is 2.79. The minimum atomic E-state index is -0.901. The Morgan fingerprint density at radius 2 is 1.95 bits per heavy atom. The van der Waals surface area contributed by atoms with Crippen molar-refractivity contribution in [3.05, 3.63) is 45.1 Å². The van der Waals surface area contributed by atoms with Gasteiger partial charge in [-0.1, -0.05) is 6.07 Å². The average Bonchev–Trinajstić information content (AvgIpc) is 2.38. The van der Waals surface area contributed by atoms with Crippen LogP contribution in [0.2, 0.25) is 0 Å². The molecule has 2 aromatic rings. The summed E-state index contributed by atoms with van der Waals surface area (Å²) in [5.74, 6) is -2.37. The molecule has 0 saturated carbocycles. The first-order valence-corrected chi connectivity index (χ1v) is 5.81. The molecule has 0 radical (unpaired) electrons. The molecule has 0 aliphatic carbocycles. The third-order valence-electron chi connectivity index (χ3n) is 2.79. The van der Waals surface area contributed by atoms with Crippen LogP contribution in [0, 0.1) is 35.6 Å². The molecule has 0 spiro atoms. The van der Waals surface area contributed by atoms with Crippen molar-refractivity contribution in [3.8, 4) is 0 Å². The van der Waals surface area contributed by atoms with Crippen LogP contribution in [0.15, 0.2) is 12.1 Å². The SMILES string of the molecule is Cc1ccc(F)c(Nc2nc(N)nc(C)c2[N+](=O)[O-])c1F. The summed E-state index contributed by atoms with van der Waals surface area (Å²) in [6.07, 6.45) is 0. The molecular formula is C12H11F2N5O2. The Bertz CT molecular complexity index is 736. The Hall–Kier alpha value is -2.84. The van der Waals surface area contributed by atoms with Crippen LogP contribution in [0.25, 0.3) is 0 Å². The van der Waals surface area contributed by atoms with Gasteiger partial charge < -0.3 is 11.1 Å². The van der Waals surface area contributed by atoms with Gasteiger partial charge in [0.25, 0.3) is 0 Å². The van der Waals surface area contributed by atoms with Crippen molar-refractivity contribution in [2.75, 3.05) is 11.1 Å². The number of nitrogens with two attached hydrogens (primary N) is 1. The zero-order valence-corrected chi connectivity index (χ0v) is 11.1. The van der Waals surface area contributed by atoms with Gasteiger partial charge >= 0.3 is 5.69 Å². The molecule has 0 unspecified atom stereocenters. The fourth-order valence-electron chi connectivity index (χ4n) is 1.78. The summed E-state index contributed by atoms with van der Waals surface area (Å²) in [6, 6.07) is 2.30. The number of nitrogens with zero attached hydrogens (tertiary/aromatic N) is 3. The number of aryl methyl sites for hydroxylation is 2. The Morgan fingerprint density at radius 1 is 1.29 bits per heavy atom. The van der Waals surface area contributed by atoms with Gasteiger partial charge in [-0.3, -0.25) is 10.1 Å². The lowest BCUT2D eigenvalue weighted by molar-refractivity contribution is -0.385. The highest BCUT2D eigenvalue weighted by atomic mass is 19.1. The maximum absolute atomic E-state index is 13.9. The molecule has 21 heavy (non-hydrogen) atoms. The highest BCUT2D eigenvalue weighted by Crippen LogP contribution is 2.31. The van der Waals surface area contributed by atoms with Crippen molar-refractivity contribution < 1.29 is 13.7 Å². The smallest absolute Gasteiger partial charge is 0.332 e. The Labute approximate surface area is 118 Å². The van der Waals surface area contributed by atoms with Crippen LogP contribution < -0.4 is 11.1 Å². The van der Waals surface area contributed by atoms with E-state index in [4.69, 9.17) is 5.73 Å². The summed E-state index contributed by atoms with van der Waals surface area (Å²) in [5, 5.41) is 13.3. The number of nitro groups is 1. The molecule has 1 aromatic carbocycles. The molecule has 0 aliphatic rings. The van der Waals surface area contributed by atoms with Gasteiger partial charge in [-0.2, -0.15) is 4.98 Å². The number of nitrogen functional groups attached to an aromatic ring is 1. The summed E-state index contributed by atoms with van der Waals surface area (Å²) in [6.45, 7) is 2.79. The second-order valence-corrected chi connectivity index (χ2v) is 4.30. The standard InChI is InChI=1S/C12H11F2N5O2/c1-5-3-4-7(13)9(8(5)14)17-11-10(19(20)21)6(2)16-12(15)18-11/h3-4H,1-2H3,(H3,15,16,17,18). The van der Waals surface area contributed by atoms with Crippen LogP contribution in [0.1, 0.15) is 11.3 Å². The van der Waals surface area contributed by atoms with E-state index in [1.807, 2.05) is 0 Å². The molecule has 1 heterocycles. The molecule has 7 nitrogen and oxygen atoms in total. The minimum absolute atomic E-state index is 0.0107. The predicted octanol–water partition coefficient (Wildman–Crippen LogP) is 2.61. The zero-order chi connectivity index (χ0) is 15.7. The minimum Gasteiger partial charge on any atom is -0.368 e. The molecule has 0 bridgehead atoms. The van der Waals surface area contributed by atoms with Crippen LogP contribution in [-0.4, -0.2) is 14.9 Å². The summed E-state index contributed by atoms with van der Waals surface area (Å²) in [5.41, 5.74) is 4.56. The third kappa shape index (κ3) is 2.71. The summed E-state index contributed by atoms with van der Waals surface area (Å²) in [4.78, 5) is 17.6. The van der Waals surface area contributed by atoms with E-state index in [2.05, 4.69) is 15.3 Å². The number of hydrogen-bond donors (Lipinski definition) is 2. The maximum atomic E-state index is 13.9. The van der Waals surface area contributed by atoms with Crippen molar-refractivity contribution in [1.29, 1.82) is 0 Å². The first-order valence-electron chi connectivity index (χ1n) is 5.81. The summed E-state index contributed by atoms with van der Waals surface area (Å²) in [7, 11) is 0. The molecule has 2 rings (SSSR count). The summed E-state index contributed by atoms with van der Waals surface area (Å²) >= 11 is 0. The Morgan fingerprint density at radius 3 is 2.57 bits per heavy atom. The average molecular weight is 295 g/mol. The lowest BCUT2D eigenvalue weighted by Crippen LogP contribution is -2.09. The molecule has 0 fully saturated rings. The van der Waals surface area contributed by atoms with E-state index in [9.17, 15) is 18.9 Å². The lowest BCUT2D eigenvalue weighted by Gasteiger charge is -2.11. The maximum Gasteiger partial charge on any atom is 0.332 e. The van der Waals surface area contributed by atoms with Crippen LogP contribution in [0.3, 0.4) is 0 Å². The molecule has 1 aromatic heterocycles. The van der Waals surface area contributed by atoms with Crippen molar-refractivity contribution in [2.24, 2.45) is 0 Å². The molecule has 3 N–H and O–H groups in total. The molecular weight excluding hydrogens is 284 g/mol. The molecule has 0 atom stereocenters. The van der Waals surface area contributed by atoms with Crippen molar-refractivity contribution >= 4 is 23.1 Å². The number of halogens is 2. The van der Waals surface area contributed by atoms with Gasteiger partial charge in [0.05, 0.1) is 4.92 Å². The molecule has 9 heteroatoms.